The Hall–Kier alpha value is -4.53. The normalized spacial score (nSPS) is 26.0. The second-order valence-electron chi connectivity index (χ2n) is 19.2. The number of hydrogen-bond donors (Lipinski definition) is 0. The van der Waals surface area contributed by atoms with Crippen molar-refractivity contribution in [2.45, 2.75) is 98.7 Å². The van der Waals surface area contributed by atoms with E-state index in [1.807, 2.05) is 11.8 Å². The largest absolute Gasteiger partial charge is 0.309 e. The predicted octanol–water partition coefficient (Wildman–Crippen LogP) is 15.0. The number of benzene rings is 6. The molecule has 6 aromatic rings. The SMILES string of the molecule is CC1(C)CCC(C)(C)c2c(N(c3ccc(-c4ccccc4)cc3)c3cccc4c3Sc3cccc(-c5ccccc5)c3C43C4CC5CC(C4)CC3C5)cccc21. The summed E-state index contributed by atoms with van der Waals surface area (Å²) < 4.78 is 0. The van der Waals surface area contributed by atoms with Crippen LogP contribution in [0, 0.1) is 23.7 Å². The Morgan fingerprint density at radius 1 is 0.482 bits per heavy atom. The molecule has 1 nitrogen and oxygen atoms in total. The Bertz CT molecular complexity index is 2430. The number of fused-ring (bicyclic) bond motifs is 3. The van der Waals surface area contributed by atoms with E-state index in [4.69, 9.17) is 0 Å². The van der Waals surface area contributed by atoms with Crippen molar-refractivity contribution in [2.24, 2.45) is 23.7 Å². The maximum Gasteiger partial charge on any atom is 0.0604 e. The third kappa shape index (κ3) is 5.13. The number of hydrogen-bond acceptors (Lipinski definition) is 2. The molecule has 4 fully saturated rings. The fourth-order valence-electron chi connectivity index (χ4n) is 12.8. The van der Waals surface area contributed by atoms with Crippen LogP contribution in [0.4, 0.5) is 17.1 Å². The first kappa shape index (κ1) is 34.7. The first-order chi connectivity index (χ1) is 27.2. The molecule has 0 aromatic heterocycles. The van der Waals surface area contributed by atoms with Gasteiger partial charge in [-0.25, -0.2) is 0 Å². The third-order valence-corrected chi connectivity index (χ3v) is 16.3. The highest BCUT2D eigenvalue weighted by molar-refractivity contribution is 7.99. The first-order valence-corrected chi connectivity index (χ1v) is 22.1. The molecule has 0 atom stereocenters. The van der Waals surface area contributed by atoms with Crippen molar-refractivity contribution in [1.82, 2.24) is 0 Å². The van der Waals surface area contributed by atoms with Gasteiger partial charge in [0.2, 0.25) is 0 Å². The Balaban J connectivity index is 1.18. The van der Waals surface area contributed by atoms with E-state index in [2.05, 4.69) is 172 Å². The van der Waals surface area contributed by atoms with Gasteiger partial charge in [0.05, 0.1) is 11.4 Å². The van der Waals surface area contributed by atoms with Crippen LogP contribution in [0.2, 0.25) is 0 Å². The van der Waals surface area contributed by atoms with E-state index >= 15 is 0 Å². The van der Waals surface area contributed by atoms with Crippen LogP contribution in [0.1, 0.15) is 94.9 Å². The first-order valence-electron chi connectivity index (χ1n) is 21.3. The highest BCUT2D eigenvalue weighted by Crippen LogP contribution is 2.71. The summed E-state index contributed by atoms with van der Waals surface area (Å²) in [6.07, 6.45) is 9.29. The summed E-state index contributed by atoms with van der Waals surface area (Å²) in [6, 6.07) is 53.5. The highest BCUT2D eigenvalue weighted by Gasteiger charge is 2.61. The smallest absolute Gasteiger partial charge is 0.0604 e. The number of rotatable bonds is 5. The van der Waals surface area contributed by atoms with E-state index in [9.17, 15) is 0 Å². The monoisotopic (exact) mass is 747 g/mol. The Kier molecular flexibility index (Phi) is 7.89. The lowest BCUT2D eigenvalue weighted by molar-refractivity contribution is -0.0441. The van der Waals surface area contributed by atoms with E-state index < -0.39 is 0 Å². The predicted molar refractivity (Wildman–Crippen MR) is 236 cm³/mol. The van der Waals surface area contributed by atoms with Crippen LogP contribution in [0.5, 0.6) is 0 Å². The van der Waals surface area contributed by atoms with Crippen LogP contribution < -0.4 is 4.90 Å². The molecular formula is C54H53NS. The Morgan fingerprint density at radius 3 is 1.73 bits per heavy atom. The van der Waals surface area contributed by atoms with Crippen LogP contribution in [0.3, 0.4) is 0 Å². The molecule has 0 N–H and O–H groups in total. The maximum atomic E-state index is 2.68. The van der Waals surface area contributed by atoms with Crippen molar-refractivity contribution in [3.63, 3.8) is 0 Å². The molecule has 6 aliphatic rings. The molecule has 0 amide bonds. The maximum absolute atomic E-state index is 2.68. The second-order valence-corrected chi connectivity index (χ2v) is 20.2. The minimum Gasteiger partial charge on any atom is -0.309 e. The summed E-state index contributed by atoms with van der Waals surface area (Å²) in [7, 11) is 0. The van der Waals surface area contributed by atoms with Gasteiger partial charge in [-0.2, -0.15) is 0 Å². The molecule has 1 spiro atoms. The summed E-state index contributed by atoms with van der Waals surface area (Å²) in [5.41, 5.74) is 15.6. The Morgan fingerprint density at radius 2 is 1.05 bits per heavy atom. The van der Waals surface area contributed by atoms with Crippen LogP contribution in [0.25, 0.3) is 22.3 Å². The summed E-state index contributed by atoms with van der Waals surface area (Å²) >= 11 is 2.05. The lowest BCUT2D eigenvalue weighted by Gasteiger charge is -2.63. The zero-order valence-corrected chi connectivity index (χ0v) is 34.2. The molecule has 12 rings (SSSR count). The minimum absolute atomic E-state index is 0.00595. The molecular weight excluding hydrogens is 695 g/mol. The third-order valence-electron chi connectivity index (χ3n) is 15.1. The number of nitrogens with zero attached hydrogens (tertiary/aromatic N) is 1. The molecule has 0 radical (unpaired) electrons. The van der Waals surface area contributed by atoms with Crippen molar-refractivity contribution < 1.29 is 0 Å². The van der Waals surface area contributed by atoms with Crippen molar-refractivity contribution in [2.75, 3.05) is 4.90 Å². The van der Waals surface area contributed by atoms with Crippen LogP contribution in [-0.2, 0) is 16.2 Å². The van der Waals surface area contributed by atoms with Gasteiger partial charge in [-0.1, -0.05) is 149 Å². The van der Waals surface area contributed by atoms with Gasteiger partial charge in [-0.15, -0.1) is 0 Å². The van der Waals surface area contributed by atoms with Gasteiger partial charge in [0.1, 0.15) is 0 Å². The van der Waals surface area contributed by atoms with E-state index in [1.54, 1.807) is 11.1 Å². The average molecular weight is 748 g/mol. The van der Waals surface area contributed by atoms with Gasteiger partial charge in [0.25, 0.3) is 0 Å². The molecule has 56 heavy (non-hydrogen) atoms. The standard InChI is InChI=1S/C54H53NS/c1-52(2)28-29-53(3,4)50-44(52)19-12-21-46(50)55(42-26-24-38(25-27-42)37-14-7-5-8-15-37)47-22-13-20-45-51(47)56-48-23-11-18-43(39-16-9-6-10-17-39)49(48)54(45)40-31-35-30-36(33-40)34-41(54)32-35/h5-27,35-36,40-41H,28-34H2,1-4H3. The molecule has 4 bridgehead atoms. The molecule has 1 heterocycles. The molecule has 280 valence electrons. The number of anilines is 3. The lowest BCUT2D eigenvalue weighted by atomic mass is 9.41. The van der Waals surface area contributed by atoms with E-state index in [0.717, 1.165) is 11.8 Å². The van der Waals surface area contributed by atoms with Gasteiger partial charge < -0.3 is 4.90 Å². The van der Waals surface area contributed by atoms with E-state index in [-0.39, 0.29) is 16.2 Å². The molecule has 0 unspecified atom stereocenters. The minimum atomic E-state index is 0.00595. The van der Waals surface area contributed by atoms with Crippen LogP contribution >= 0.6 is 11.8 Å². The molecule has 2 heteroatoms. The van der Waals surface area contributed by atoms with Crippen molar-refractivity contribution in [3.8, 4) is 22.3 Å². The van der Waals surface area contributed by atoms with E-state index in [1.165, 1.54) is 105 Å². The summed E-state index contributed by atoms with van der Waals surface area (Å²) in [5.74, 6) is 3.11. The van der Waals surface area contributed by atoms with Crippen molar-refractivity contribution in [3.05, 3.63) is 162 Å². The van der Waals surface area contributed by atoms with Gasteiger partial charge in [-0.3, -0.25) is 0 Å². The van der Waals surface area contributed by atoms with Crippen LogP contribution in [0.15, 0.2) is 149 Å². The van der Waals surface area contributed by atoms with Crippen molar-refractivity contribution in [1.29, 1.82) is 0 Å². The summed E-state index contributed by atoms with van der Waals surface area (Å²) in [5, 5.41) is 0. The highest BCUT2D eigenvalue weighted by atomic mass is 32.2. The average Bonchev–Trinajstić information content (AvgIpc) is 3.22. The van der Waals surface area contributed by atoms with Crippen molar-refractivity contribution >= 4 is 28.8 Å². The second kappa shape index (κ2) is 12.7. The van der Waals surface area contributed by atoms with Gasteiger partial charge in [0.15, 0.2) is 0 Å². The van der Waals surface area contributed by atoms with Crippen LogP contribution in [-0.4, -0.2) is 0 Å². The topological polar surface area (TPSA) is 3.24 Å². The molecule has 1 aliphatic heterocycles. The molecule has 5 aliphatic carbocycles. The van der Waals surface area contributed by atoms with Gasteiger partial charge >= 0.3 is 0 Å². The van der Waals surface area contributed by atoms with Gasteiger partial charge in [0, 0.05) is 20.9 Å². The molecule has 0 saturated heterocycles. The quantitative estimate of drug-likeness (QED) is 0.173. The summed E-state index contributed by atoms with van der Waals surface area (Å²) in [6.45, 7) is 9.89. The van der Waals surface area contributed by atoms with Gasteiger partial charge in [-0.05, 0) is 154 Å². The fourth-order valence-corrected chi connectivity index (χ4v) is 14.1. The molecule has 6 aromatic carbocycles. The Labute approximate surface area is 338 Å². The fraction of sp³-hybridized carbons (Fsp3) is 0.333. The zero-order valence-electron chi connectivity index (χ0n) is 33.4. The zero-order chi connectivity index (χ0) is 37.8. The summed E-state index contributed by atoms with van der Waals surface area (Å²) in [4.78, 5) is 5.61. The van der Waals surface area contributed by atoms with E-state index in [0.29, 0.717) is 11.8 Å². The lowest BCUT2D eigenvalue weighted by Crippen LogP contribution is -2.57. The molecule has 4 saturated carbocycles.